The molecule has 0 spiro atoms. The fourth-order valence-corrected chi connectivity index (χ4v) is 3.43. The third-order valence-electron chi connectivity index (χ3n) is 5.00. The molecule has 0 radical (unpaired) electrons. The minimum absolute atomic E-state index is 0.130. The second-order valence-corrected chi connectivity index (χ2v) is 6.66. The van der Waals surface area contributed by atoms with Gasteiger partial charge in [-0.05, 0) is 12.1 Å². The molecule has 1 fully saturated rings. The van der Waals surface area contributed by atoms with Gasteiger partial charge >= 0.3 is 0 Å². The van der Waals surface area contributed by atoms with Crippen molar-refractivity contribution in [1.29, 1.82) is 0 Å². The molecule has 1 aliphatic heterocycles. The van der Waals surface area contributed by atoms with E-state index < -0.39 is 0 Å². The van der Waals surface area contributed by atoms with Crippen LogP contribution in [-0.2, 0) is 13.1 Å². The van der Waals surface area contributed by atoms with E-state index in [1.165, 1.54) is 6.07 Å². The van der Waals surface area contributed by atoms with Gasteiger partial charge in [0.1, 0.15) is 11.6 Å². The molecule has 5 nitrogen and oxygen atoms in total. The number of ether oxygens (including phenoxy) is 3. The Morgan fingerprint density at radius 1 is 0.741 bits per heavy atom. The first-order chi connectivity index (χ1) is 13.1. The summed E-state index contributed by atoms with van der Waals surface area (Å²) in [5.41, 5.74) is 1.82. The molecule has 0 atom stereocenters. The summed E-state index contributed by atoms with van der Waals surface area (Å²) in [6.45, 7) is 5.09. The molecule has 3 rings (SSSR count). The topological polar surface area (TPSA) is 34.2 Å². The maximum Gasteiger partial charge on any atom is 0.164 e. The van der Waals surface area contributed by atoms with Crippen LogP contribution in [0.25, 0.3) is 0 Å². The van der Waals surface area contributed by atoms with Gasteiger partial charge in [-0.1, -0.05) is 18.2 Å². The highest BCUT2D eigenvalue weighted by Gasteiger charge is 2.20. The van der Waals surface area contributed by atoms with E-state index in [0.29, 0.717) is 18.0 Å². The lowest BCUT2D eigenvalue weighted by Gasteiger charge is -2.35. The molecule has 2 aromatic carbocycles. The molecule has 2 aromatic rings. The van der Waals surface area contributed by atoms with Gasteiger partial charge in [0.25, 0.3) is 0 Å². The normalized spacial score (nSPS) is 15.6. The number of hydrogen-bond donors (Lipinski definition) is 0. The Bertz CT molecular complexity index is 761. The summed E-state index contributed by atoms with van der Waals surface area (Å²) in [5.74, 6) is 2.02. The minimum atomic E-state index is -0.130. The molecule has 0 aromatic heterocycles. The highest BCUT2D eigenvalue weighted by molar-refractivity contribution is 5.50. The van der Waals surface area contributed by atoms with Crippen molar-refractivity contribution in [2.45, 2.75) is 13.1 Å². The molecule has 0 N–H and O–H groups in total. The summed E-state index contributed by atoms with van der Waals surface area (Å²) in [6, 6.07) is 10.8. The third kappa shape index (κ3) is 4.70. The summed E-state index contributed by atoms with van der Waals surface area (Å²) in [6.07, 6.45) is 0. The van der Waals surface area contributed by atoms with Crippen LogP contribution in [0.5, 0.6) is 17.2 Å². The summed E-state index contributed by atoms with van der Waals surface area (Å²) < 4.78 is 30.1. The summed E-state index contributed by atoms with van der Waals surface area (Å²) >= 11 is 0. The van der Waals surface area contributed by atoms with Gasteiger partial charge in [0.05, 0.1) is 21.3 Å². The summed E-state index contributed by atoms with van der Waals surface area (Å²) in [4.78, 5) is 4.67. The van der Waals surface area contributed by atoms with Crippen LogP contribution in [0.1, 0.15) is 11.1 Å². The van der Waals surface area contributed by atoms with Gasteiger partial charge in [0.2, 0.25) is 0 Å². The van der Waals surface area contributed by atoms with Crippen LogP contribution >= 0.6 is 0 Å². The first-order valence-corrected chi connectivity index (χ1v) is 9.11. The van der Waals surface area contributed by atoms with Crippen molar-refractivity contribution in [3.8, 4) is 17.2 Å². The zero-order valence-electron chi connectivity index (χ0n) is 16.2. The number of methoxy groups -OCH3 is 3. The van der Waals surface area contributed by atoms with Crippen LogP contribution in [0.2, 0.25) is 0 Å². The Balaban J connectivity index is 1.61. The Morgan fingerprint density at radius 2 is 1.26 bits per heavy atom. The van der Waals surface area contributed by atoms with Crippen molar-refractivity contribution < 1.29 is 18.6 Å². The number of benzene rings is 2. The van der Waals surface area contributed by atoms with Gasteiger partial charge in [-0.15, -0.1) is 0 Å². The van der Waals surface area contributed by atoms with E-state index in [-0.39, 0.29) is 5.82 Å². The maximum atomic E-state index is 13.9. The fourth-order valence-electron chi connectivity index (χ4n) is 3.43. The minimum Gasteiger partial charge on any atom is -0.496 e. The molecule has 1 aliphatic rings. The molecule has 0 aliphatic carbocycles. The molecule has 146 valence electrons. The Labute approximate surface area is 160 Å². The molecular weight excluding hydrogens is 347 g/mol. The molecule has 0 bridgehead atoms. The van der Waals surface area contributed by atoms with Crippen LogP contribution < -0.4 is 14.2 Å². The largest absolute Gasteiger partial charge is 0.496 e. The monoisotopic (exact) mass is 374 g/mol. The highest BCUT2D eigenvalue weighted by Crippen LogP contribution is 2.35. The molecule has 0 saturated carbocycles. The Morgan fingerprint density at radius 3 is 1.81 bits per heavy atom. The SMILES string of the molecule is COc1cc(OC)c(OC)cc1CN1CCN(Cc2ccccc2F)CC1. The van der Waals surface area contributed by atoms with Crippen molar-refractivity contribution in [2.24, 2.45) is 0 Å². The van der Waals surface area contributed by atoms with Crippen LogP contribution in [0, 0.1) is 5.82 Å². The average Bonchev–Trinajstić information content (AvgIpc) is 2.70. The maximum absolute atomic E-state index is 13.9. The highest BCUT2D eigenvalue weighted by atomic mass is 19.1. The zero-order valence-corrected chi connectivity index (χ0v) is 16.2. The van der Waals surface area contributed by atoms with Crippen LogP contribution in [-0.4, -0.2) is 57.3 Å². The number of halogens is 1. The van der Waals surface area contributed by atoms with E-state index in [9.17, 15) is 4.39 Å². The number of hydrogen-bond acceptors (Lipinski definition) is 5. The fraction of sp³-hybridized carbons (Fsp3) is 0.429. The molecule has 1 saturated heterocycles. The van der Waals surface area contributed by atoms with Gasteiger partial charge in [0, 0.05) is 56.5 Å². The molecule has 0 unspecified atom stereocenters. The predicted molar refractivity (Wildman–Crippen MR) is 103 cm³/mol. The summed E-state index contributed by atoms with van der Waals surface area (Å²) in [7, 11) is 4.92. The molecule has 6 heteroatoms. The first kappa shape index (κ1) is 19.5. The number of rotatable bonds is 7. The van der Waals surface area contributed by atoms with Gasteiger partial charge in [-0.2, -0.15) is 0 Å². The van der Waals surface area contributed by atoms with Crippen molar-refractivity contribution in [2.75, 3.05) is 47.5 Å². The quantitative estimate of drug-likeness (QED) is 0.744. The first-order valence-electron chi connectivity index (χ1n) is 9.11. The van der Waals surface area contributed by atoms with Crippen molar-refractivity contribution in [1.82, 2.24) is 9.80 Å². The van der Waals surface area contributed by atoms with Crippen LogP contribution in [0.3, 0.4) is 0 Å². The zero-order chi connectivity index (χ0) is 19.2. The van der Waals surface area contributed by atoms with E-state index in [0.717, 1.165) is 49.6 Å². The van der Waals surface area contributed by atoms with Gasteiger partial charge in [-0.25, -0.2) is 4.39 Å². The Kier molecular flexibility index (Phi) is 6.53. The lowest BCUT2D eigenvalue weighted by atomic mass is 10.1. The molecule has 27 heavy (non-hydrogen) atoms. The standard InChI is InChI=1S/C21H27FN2O3/c1-25-19-13-21(27-3)20(26-2)12-17(19)15-24-10-8-23(9-11-24)14-16-6-4-5-7-18(16)22/h4-7,12-13H,8-11,14-15H2,1-3H3. The van der Waals surface area contributed by atoms with E-state index >= 15 is 0 Å². The predicted octanol–water partition coefficient (Wildman–Crippen LogP) is 3.17. The average molecular weight is 374 g/mol. The molecule has 1 heterocycles. The van der Waals surface area contributed by atoms with Crippen molar-refractivity contribution in [3.05, 3.63) is 53.3 Å². The van der Waals surface area contributed by atoms with Crippen LogP contribution in [0.4, 0.5) is 4.39 Å². The van der Waals surface area contributed by atoms with Crippen molar-refractivity contribution in [3.63, 3.8) is 0 Å². The number of nitrogens with zero attached hydrogens (tertiary/aromatic N) is 2. The summed E-state index contributed by atoms with van der Waals surface area (Å²) in [5, 5.41) is 0. The Hall–Kier alpha value is -2.31. The van der Waals surface area contributed by atoms with Gasteiger partial charge in [0.15, 0.2) is 11.5 Å². The van der Waals surface area contributed by atoms with Crippen LogP contribution in [0.15, 0.2) is 36.4 Å². The van der Waals surface area contributed by atoms with E-state index in [1.54, 1.807) is 27.4 Å². The molecule has 0 amide bonds. The lowest BCUT2D eigenvalue weighted by Crippen LogP contribution is -2.45. The van der Waals surface area contributed by atoms with E-state index in [2.05, 4.69) is 9.80 Å². The number of piperazine rings is 1. The molecular formula is C21H27FN2O3. The van der Waals surface area contributed by atoms with E-state index in [4.69, 9.17) is 14.2 Å². The van der Waals surface area contributed by atoms with E-state index in [1.807, 2.05) is 24.3 Å². The lowest BCUT2D eigenvalue weighted by molar-refractivity contribution is 0.120. The van der Waals surface area contributed by atoms with Crippen molar-refractivity contribution >= 4 is 0 Å². The van der Waals surface area contributed by atoms with Gasteiger partial charge < -0.3 is 14.2 Å². The third-order valence-corrected chi connectivity index (χ3v) is 5.00. The van der Waals surface area contributed by atoms with Gasteiger partial charge in [-0.3, -0.25) is 9.80 Å². The second kappa shape index (κ2) is 9.06. The smallest absolute Gasteiger partial charge is 0.164 e. The second-order valence-electron chi connectivity index (χ2n) is 6.66.